The molecule has 2 rings (SSSR count). The Kier molecular flexibility index (Phi) is 3.68. The second kappa shape index (κ2) is 4.85. The Balaban J connectivity index is 2.47. The number of rotatable bonds is 2. The Hall–Kier alpha value is -0.980. The van der Waals surface area contributed by atoms with E-state index >= 15 is 0 Å². The highest BCUT2D eigenvalue weighted by Gasteiger charge is 2.51. The first-order valence-corrected chi connectivity index (χ1v) is 7.60. The Labute approximate surface area is 118 Å². The lowest BCUT2D eigenvalue weighted by Gasteiger charge is -2.45. The summed E-state index contributed by atoms with van der Waals surface area (Å²) in [7, 11) is 0. The predicted molar refractivity (Wildman–Crippen MR) is 82.1 cm³/mol. The molecule has 0 aromatic heterocycles. The summed E-state index contributed by atoms with van der Waals surface area (Å²) in [6.07, 6.45) is 10.7. The van der Waals surface area contributed by atoms with Gasteiger partial charge in [0.15, 0.2) is 0 Å². The summed E-state index contributed by atoms with van der Waals surface area (Å²) < 4.78 is 0. The van der Waals surface area contributed by atoms with Crippen molar-refractivity contribution in [3.05, 3.63) is 35.6 Å². The van der Waals surface area contributed by atoms with Gasteiger partial charge in [0.2, 0.25) is 0 Å². The summed E-state index contributed by atoms with van der Waals surface area (Å²) in [5.41, 5.74) is 3.43. The van der Waals surface area contributed by atoms with E-state index in [0.29, 0.717) is 5.41 Å². The third kappa shape index (κ3) is 2.66. The van der Waals surface area contributed by atoms with Crippen LogP contribution in [0.25, 0.3) is 0 Å². The molecule has 1 nitrogen and oxygen atoms in total. The fourth-order valence-corrected chi connectivity index (χ4v) is 3.89. The highest BCUT2D eigenvalue weighted by atomic mass is 16.3. The molecule has 2 saturated carbocycles. The van der Waals surface area contributed by atoms with E-state index in [-0.39, 0.29) is 11.2 Å². The lowest BCUT2D eigenvalue weighted by atomic mass is 9.59. The molecule has 0 amide bonds. The highest BCUT2D eigenvalue weighted by Crippen LogP contribution is 2.63. The van der Waals surface area contributed by atoms with E-state index in [9.17, 15) is 5.11 Å². The topological polar surface area (TPSA) is 20.2 Å². The molecule has 19 heavy (non-hydrogen) atoms. The van der Waals surface area contributed by atoms with Gasteiger partial charge in [-0.05, 0) is 53.2 Å². The van der Waals surface area contributed by atoms with Crippen molar-refractivity contribution in [3.8, 4) is 0 Å². The largest absolute Gasteiger partial charge is 0.509 e. The predicted octanol–water partition coefficient (Wildman–Crippen LogP) is 5.56. The van der Waals surface area contributed by atoms with Gasteiger partial charge in [0.25, 0.3) is 0 Å². The third-order valence-corrected chi connectivity index (χ3v) is 4.79. The van der Waals surface area contributed by atoms with Gasteiger partial charge in [-0.1, -0.05) is 53.2 Å². The Morgan fingerprint density at radius 3 is 2.42 bits per heavy atom. The van der Waals surface area contributed by atoms with Gasteiger partial charge >= 0.3 is 0 Å². The van der Waals surface area contributed by atoms with Crippen LogP contribution in [0.3, 0.4) is 0 Å². The zero-order valence-corrected chi connectivity index (χ0v) is 12.9. The van der Waals surface area contributed by atoms with Crippen molar-refractivity contribution in [2.45, 2.75) is 59.8 Å². The van der Waals surface area contributed by atoms with Gasteiger partial charge < -0.3 is 5.11 Å². The van der Waals surface area contributed by atoms with Crippen LogP contribution >= 0.6 is 0 Å². The minimum atomic E-state index is 0.191. The molecule has 1 heteroatoms. The van der Waals surface area contributed by atoms with E-state index in [1.54, 1.807) is 0 Å². The van der Waals surface area contributed by atoms with Crippen molar-refractivity contribution in [2.24, 2.45) is 16.7 Å². The Bertz CT molecular complexity index is 427. The molecule has 106 valence electrons. The fourth-order valence-electron chi connectivity index (χ4n) is 3.89. The molecule has 1 atom stereocenters. The van der Waals surface area contributed by atoms with Gasteiger partial charge in [0.1, 0.15) is 5.76 Å². The SMILES string of the molecule is C=C(O)/C=C1/CC(CC)C2(CCC2)/C1=C\C(C)(C)C. The zero-order valence-electron chi connectivity index (χ0n) is 12.9. The fraction of sp³-hybridized carbons (Fsp3) is 0.667. The van der Waals surface area contributed by atoms with Crippen LogP contribution in [0, 0.1) is 16.7 Å². The van der Waals surface area contributed by atoms with Crippen LogP contribution < -0.4 is 0 Å². The number of aliphatic hydroxyl groups excluding tert-OH is 1. The maximum Gasteiger partial charge on any atom is 0.108 e. The van der Waals surface area contributed by atoms with Gasteiger partial charge in [-0.25, -0.2) is 0 Å². The van der Waals surface area contributed by atoms with Gasteiger partial charge in [0.05, 0.1) is 0 Å². The molecule has 0 aromatic rings. The molecule has 0 radical (unpaired) electrons. The van der Waals surface area contributed by atoms with E-state index in [4.69, 9.17) is 0 Å². The van der Waals surface area contributed by atoms with E-state index in [1.165, 1.54) is 36.8 Å². The minimum absolute atomic E-state index is 0.191. The molecule has 0 saturated heterocycles. The molecule has 2 aliphatic carbocycles. The van der Waals surface area contributed by atoms with E-state index in [2.05, 4.69) is 40.3 Å². The molecule has 0 aliphatic heterocycles. The van der Waals surface area contributed by atoms with Crippen molar-refractivity contribution < 1.29 is 5.11 Å². The second-order valence-corrected chi connectivity index (χ2v) is 7.40. The number of allylic oxidation sites excluding steroid dienone is 4. The van der Waals surface area contributed by atoms with Crippen molar-refractivity contribution in [2.75, 3.05) is 0 Å². The zero-order chi connectivity index (χ0) is 14.3. The van der Waals surface area contributed by atoms with Crippen molar-refractivity contribution in [1.82, 2.24) is 0 Å². The summed E-state index contributed by atoms with van der Waals surface area (Å²) in [5.74, 6) is 0.946. The van der Waals surface area contributed by atoms with E-state index in [1.807, 2.05) is 6.08 Å². The molecular weight excluding hydrogens is 232 g/mol. The van der Waals surface area contributed by atoms with Crippen LogP contribution in [0.15, 0.2) is 35.6 Å². The molecule has 1 unspecified atom stereocenters. The van der Waals surface area contributed by atoms with Crippen molar-refractivity contribution in [3.63, 3.8) is 0 Å². The first-order valence-electron chi connectivity index (χ1n) is 7.60. The quantitative estimate of drug-likeness (QED) is 0.645. The summed E-state index contributed by atoms with van der Waals surface area (Å²) in [4.78, 5) is 0. The molecule has 1 spiro atoms. The molecule has 2 aliphatic rings. The highest BCUT2D eigenvalue weighted by molar-refractivity contribution is 5.47. The van der Waals surface area contributed by atoms with E-state index in [0.717, 1.165) is 12.3 Å². The average molecular weight is 260 g/mol. The molecule has 0 heterocycles. The standard InChI is InChI=1S/C18H28O/c1-6-15-11-14(10-13(2)19)16(12-17(3,4)5)18(15)8-7-9-18/h10,12,15,19H,2,6-9,11H2,1,3-5H3/b14-10-,16-12-. The van der Waals surface area contributed by atoms with Crippen LogP contribution in [0.5, 0.6) is 0 Å². The Morgan fingerprint density at radius 1 is 1.42 bits per heavy atom. The molecule has 1 N–H and O–H groups in total. The summed E-state index contributed by atoms with van der Waals surface area (Å²) in [5, 5.41) is 9.55. The molecular formula is C18H28O. The van der Waals surface area contributed by atoms with Gasteiger partial charge in [0, 0.05) is 0 Å². The van der Waals surface area contributed by atoms with Crippen LogP contribution in [0.2, 0.25) is 0 Å². The lowest BCUT2D eigenvalue weighted by Crippen LogP contribution is -2.35. The molecule has 0 bridgehead atoms. The van der Waals surface area contributed by atoms with E-state index < -0.39 is 0 Å². The number of hydrogen-bond donors (Lipinski definition) is 1. The maximum atomic E-state index is 9.55. The van der Waals surface area contributed by atoms with Gasteiger partial charge in [-0.15, -0.1) is 0 Å². The van der Waals surface area contributed by atoms with Crippen molar-refractivity contribution >= 4 is 0 Å². The molecule has 0 aromatic carbocycles. The first-order chi connectivity index (χ1) is 8.78. The maximum absolute atomic E-state index is 9.55. The van der Waals surface area contributed by atoms with Crippen LogP contribution in [0.4, 0.5) is 0 Å². The van der Waals surface area contributed by atoms with Crippen LogP contribution in [-0.4, -0.2) is 5.11 Å². The lowest BCUT2D eigenvalue weighted by molar-refractivity contribution is 0.115. The van der Waals surface area contributed by atoms with Gasteiger partial charge in [-0.2, -0.15) is 0 Å². The smallest absolute Gasteiger partial charge is 0.108 e. The second-order valence-electron chi connectivity index (χ2n) is 7.40. The first kappa shape index (κ1) is 14.4. The summed E-state index contributed by atoms with van der Waals surface area (Å²) >= 11 is 0. The summed E-state index contributed by atoms with van der Waals surface area (Å²) in [6.45, 7) is 12.7. The molecule has 2 fully saturated rings. The van der Waals surface area contributed by atoms with Crippen LogP contribution in [0.1, 0.15) is 59.8 Å². The monoisotopic (exact) mass is 260 g/mol. The normalized spacial score (nSPS) is 30.0. The van der Waals surface area contributed by atoms with Crippen LogP contribution in [-0.2, 0) is 0 Å². The Morgan fingerprint density at radius 2 is 2.05 bits per heavy atom. The average Bonchev–Trinajstić information content (AvgIpc) is 2.49. The van der Waals surface area contributed by atoms with Gasteiger partial charge in [-0.3, -0.25) is 0 Å². The minimum Gasteiger partial charge on any atom is -0.509 e. The third-order valence-electron chi connectivity index (χ3n) is 4.79. The van der Waals surface area contributed by atoms with Crippen molar-refractivity contribution in [1.29, 1.82) is 0 Å². The summed E-state index contributed by atoms with van der Waals surface area (Å²) in [6, 6.07) is 0. The number of hydrogen-bond acceptors (Lipinski definition) is 1. The number of aliphatic hydroxyl groups is 1.